The maximum Gasteiger partial charge on any atom is 0.338 e. The van der Waals surface area contributed by atoms with E-state index in [4.69, 9.17) is 9.47 Å². The van der Waals surface area contributed by atoms with Crippen molar-refractivity contribution >= 4 is 12.0 Å². The lowest BCUT2D eigenvalue weighted by atomic mass is 10.0. The normalized spacial score (nSPS) is 27.8. The molecule has 1 fully saturated rings. The van der Waals surface area contributed by atoms with Crippen LogP contribution in [0.15, 0.2) is 30.3 Å². The number of hydrogen-bond acceptors (Lipinski definition) is 5. The molecule has 0 unspecified atom stereocenters. The third-order valence-corrected chi connectivity index (χ3v) is 3.10. The first-order valence-corrected chi connectivity index (χ1v) is 6.06. The standard InChI is InChI=1S/C14H15FO5/c1-19-13-11(17)12(20-14(13)18)10(16)7-6-8-4-2-3-5-9(8)15/h2-7,10-13,16-17H,1H3/t10-,11-,12+,13-/m1/s1. The molecule has 5 nitrogen and oxygen atoms in total. The van der Waals surface area contributed by atoms with Crippen LogP contribution < -0.4 is 0 Å². The summed E-state index contributed by atoms with van der Waals surface area (Å²) in [5.74, 6) is -1.17. The molecule has 4 atom stereocenters. The van der Waals surface area contributed by atoms with E-state index in [-0.39, 0.29) is 5.56 Å². The number of halogens is 1. The molecule has 108 valence electrons. The van der Waals surface area contributed by atoms with Crippen molar-refractivity contribution in [1.82, 2.24) is 0 Å². The molecule has 0 bridgehead atoms. The Morgan fingerprint density at radius 1 is 1.45 bits per heavy atom. The maximum absolute atomic E-state index is 13.4. The number of carbonyl (C=O) groups excluding carboxylic acids is 1. The van der Waals surface area contributed by atoms with Gasteiger partial charge >= 0.3 is 5.97 Å². The van der Waals surface area contributed by atoms with Gasteiger partial charge in [0.15, 0.2) is 12.2 Å². The lowest BCUT2D eigenvalue weighted by Crippen LogP contribution is -2.38. The first-order chi connectivity index (χ1) is 9.54. The average molecular weight is 282 g/mol. The van der Waals surface area contributed by atoms with Gasteiger partial charge in [0.1, 0.15) is 18.0 Å². The number of benzene rings is 1. The molecule has 6 heteroatoms. The number of aliphatic hydroxyl groups excluding tert-OH is 2. The van der Waals surface area contributed by atoms with Crippen LogP contribution >= 0.6 is 0 Å². The molecule has 0 amide bonds. The van der Waals surface area contributed by atoms with Gasteiger partial charge in [0.25, 0.3) is 0 Å². The van der Waals surface area contributed by atoms with Gasteiger partial charge in [-0.15, -0.1) is 0 Å². The molecule has 1 aromatic rings. The van der Waals surface area contributed by atoms with E-state index in [0.717, 1.165) is 0 Å². The number of rotatable bonds is 4. The van der Waals surface area contributed by atoms with E-state index in [9.17, 15) is 19.4 Å². The third kappa shape index (κ3) is 2.87. The summed E-state index contributed by atoms with van der Waals surface area (Å²) in [6.07, 6.45) is -2.15. The number of aliphatic hydroxyl groups is 2. The van der Waals surface area contributed by atoms with Gasteiger partial charge in [0.05, 0.1) is 0 Å². The van der Waals surface area contributed by atoms with Crippen molar-refractivity contribution in [2.45, 2.75) is 24.4 Å². The van der Waals surface area contributed by atoms with Crippen LogP contribution in [0.5, 0.6) is 0 Å². The van der Waals surface area contributed by atoms with Crippen molar-refractivity contribution in [3.8, 4) is 0 Å². The van der Waals surface area contributed by atoms with Gasteiger partial charge in [-0.1, -0.05) is 30.4 Å². The van der Waals surface area contributed by atoms with Gasteiger partial charge < -0.3 is 19.7 Å². The van der Waals surface area contributed by atoms with Crippen molar-refractivity contribution in [2.75, 3.05) is 7.11 Å². The lowest BCUT2D eigenvalue weighted by Gasteiger charge is -2.17. The highest BCUT2D eigenvalue weighted by atomic mass is 19.1. The lowest BCUT2D eigenvalue weighted by molar-refractivity contribution is -0.150. The zero-order chi connectivity index (χ0) is 14.7. The summed E-state index contributed by atoms with van der Waals surface area (Å²) in [5, 5.41) is 19.7. The fourth-order valence-corrected chi connectivity index (χ4v) is 2.01. The van der Waals surface area contributed by atoms with Gasteiger partial charge in [-0.3, -0.25) is 0 Å². The molecule has 0 spiro atoms. The summed E-state index contributed by atoms with van der Waals surface area (Å²) in [4.78, 5) is 11.4. The third-order valence-electron chi connectivity index (χ3n) is 3.10. The summed E-state index contributed by atoms with van der Waals surface area (Å²) in [5.41, 5.74) is 0.286. The molecular weight excluding hydrogens is 267 g/mol. The first kappa shape index (κ1) is 14.6. The van der Waals surface area contributed by atoms with Crippen molar-refractivity contribution in [3.63, 3.8) is 0 Å². The number of cyclic esters (lactones) is 1. The largest absolute Gasteiger partial charge is 0.454 e. The number of esters is 1. The summed E-state index contributed by atoms with van der Waals surface area (Å²) >= 11 is 0. The van der Waals surface area contributed by atoms with Crippen molar-refractivity contribution < 1.29 is 28.9 Å². The minimum absolute atomic E-state index is 0.286. The van der Waals surface area contributed by atoms with Gasteiger partial charge in [0, 0.05) is 12.7 Å². The summed E-state index contributed by atoms with van der Waals surface area (Å²) in [6.45, 7) is 0. The molecule has 1 aliphatic rings. The van der Waals surface area contributed by atoms with E-state index in [1.807, 2.05) is 0 Å². The fraction of sp³-hybridized carbons (Fsp3) is 0.357. The molecule has 0 aromatic heterocycles. The predicted molar refractivity (Wildman–Crippen MR) is 68.1 cm³/mol. The van der Waals surface area contributed by atoms with Crippen LogP contribution in [0.4, 0.5) is 4.39 Å². The molecule has 2 N–H and O–H groups in total. The Balaban J connectivity index is 2.08. The van der Waals surface area contributed by atoms with Gasteiger partial charge in [-0.2, -0.15) is 0 Å². The molecule has 20 heavy (non-hydrogen) atoms. The monoisotopic (exact) mass is 282 g/mol. The van der Waals surface area contributed by atoms with Gasteiger partial charge in [-0.05, 0) is 6.07 Å². The topological polar surface area (TPSA) is 76.0 Å². The number of methoxy groups -OCH3 is 1. The second kappa shape index (κ2) is 6.13. The molecule has 0 saturated carbocycles. The van der Waals surface area contributed by atoms with Crippen molar-refractivity contribution in [2.24, 2.45) is 0 Å². The fourth-order valence-electron chi connectivity index (χ4n) is 2.01. The predicted octanol–water partition coefficient (Wildman–Crippen LogP) is 0.501. The van der Waals surface area contributed by atoms with Crippen LogP contribution in [-0.2, 0) is 14.3 Å². The van der Waals surface area contributed by atoms with E-state index < -0.39 is 36.2 Å². The Morgan fingerprint density at radius 2 is 2.15 bits per heavy atom. The van der Waals surface area contributed by atoms with Crippen LogP contribution in [0.1, 0.15) is 5.56 Å². The molecule has 0 radical (unpaired) electrons. The molecule has 2 rings (SSSR count). The van der Waals surface area contributed by atoms with Crippen LogP contribution in [0.2, 0.25) is 0 Å². The number of ether oxygens (including phenoxy) is 2. The number of carbonyl (C=O) groups is 1. The van der Waals surface area contributed by atoms with Crippen LogP contribution in [0.3, 0.4) is 0 Å². The van der Waals surface area contributed by atoms with Gasteiger partial charge in [-0.25, -0.2) is 9.18 Å². The smallest absolute Gasteiger partial charge is 0.338 e. The second-order valence-corrected chi connectivity index (χ2v) is 4.42. The highest BCUT2D eigenvalue weighted by Gasteiger charge is 2.46. The summed E-state index contributed by atoms with van der Waals surface area (Å²) < 4.78 is 23.0. The second-order valence-electron chi connectivity index (χ2n) is 4.42. The van der Waals surface area contributed by atoms with E-state index in [1.165, 1.54) is 31.4 Å². The van der Waals surface area contributed by atoms with Crippen LogP contribution in [-0.4, -0.2) is 47.7 Å². The number of hydrogen-bond donors (Lipinski definition) is 2. The Hall–Kier alpha value is -1.76. The van der Waals surface area contributed by atoms with Crippen LogP contribution in [0, 0.1) is 5.82 Å². The Morgan fingerprint density at radius 3 is 2.75 bits per heavy atom. The minimum Gasteiger partial charge on any atom is -0.454 e. The van der Waals surface area contributed by atoms with Crippen molar-refractivity contribution in [1.29, 1.82) is 0 Å². The van der Waals surface area contributed by atoms with E-state index >= 15 is 0 Å². The Bertz CT molecular complexity index is 516. The average Bonchev–Trinajstić information content (AvgIpc) is 2.72. The van der Waals surface area contributed by atoms with E-state index in [2.05, 4.69) is 0 Å². The first-order valence-electron chi connectivity index (χ1n) is 6.06. The minimum atomic E-state index is -1.27. The molecular formula is C14H15FO5. The maximum atomic E-state index is 13.4. The molecule has 1 aromatic carbocycles. The molecule has 1 saturated heterocycles. The zero-order valence-corrected chi connectivity index (χ0v) is 10.8. The van der Waals surface area contributed by atoms with Crippen molar-refractivity contribution in [3.05, 3.63) is 41.7 Å². The van der Waals surface area contributed by atoms with E-state index in [1.54, 1.807) is 12.1 Å². The van der Waals surface area contributed by atoms with Crippen LogP contribution in [0.25, 0.3) is 6.08 Å². The molecule has 0 aliphatic carbocycles. The summed E-state index contributed by atoms with van der Waals surface area (Å²) in [7, 11) is 1.26. The zero-order valence-electron chi connectivity index (χ0n) is 10.8. The van der Waals surface area contributed by atoms with E-state index in [0.29, 0.717) is 0 Å². The summed E-state index contributed by atoms with van der Waals surface area (Å²) in [6, 6.07) is 6.03. The molecule has 1 heterocycles. The SMILES string of the molecule is CO[C@H]1C(=O)O[C@@H]([C@H](O)C=Cc2ccccc2F)[C@H]1O. The highest BCUT2D eigenvalue weighted by molar-refractivity contribution is 5.78. The Labute approximate surface area is 115 Å². The quantitative estimate of drug-likeness (QED) is 0.787. The Kier molecular flexibility index (Phi) is 4.49. The highest BCUT2D eigenvalue weighted by Crippen LogP contribution is 2.22. The molecule has 1 aliphatic heterocycles. The van der Waals surface area contributed by atoms with Gasteiger partial charge in [0.2, 0.25) is 0 Å².